The lowest BCUT2D eigenvalue weighted by atomic mass is 9.95. The molecule has 1 unspecified atom stereocenters. The Kier molecular flexibility index (Phi) is 5.50. The lowest BCUT2D eigenvalue weighted by Crippen LogP contribution is -2.26. The van der Waals surface area contributed by atoms with Gasteiger partial charge in [0.1, 0.15) is 0 Å². The van der Waals surface area contributed by atoms with Gasteiger partial charge in [0, 0.05) is 10.5 Å². The third-order valence-corrected chi connectivity index (χ3v) is 3.49. The SMILES string of the molecule is CCCNC(c1cc(C)ccc1Br)C(C)C. The summed E-state index contributed by atoms with van der Waals surface area (Å²) in [6.07, 6.45) is 1.17. The Labute approximate surface area is 108 Å². The predicted molar refractivity (Wildman–Crippen MR) is 74.8 cm³/mol. The van der Waals surface area contributed by atoms with E-state index in [1.54, 1.807) is 0 Å². The second-order valence-corrected chi connectivity index (χ2v) is 5.56. The number of hydrogen-bond acceptors (Lipinski definition) is 1. The Morgan fingerprint density at radius 2 is 2.00 bits per heavy atom. The highest BCUT2D eigenvalue weighted by Crippen LogP contribution is 2.29. The van der Waals surface area contributed by atoms with E-state index in [1.807, 2.05) is 0 Å². The summed E-state index contributed by atoms with van der Waals surface area (Å²) in [5, 5.41) is 3.62. The number of benzene rings is 1. The highest BCUT2D eigenvalue weighted by Gasteiger charge is 2.17. The van der Waals surface area contributed by atoms with Gasteiger partial charge in [-0.25, -0.2) is 0 Å². The fourth-order valence-corrected chi connectivity index (χ4v) is 2.40. The fourth-order valence-electron chi connectivity index (χ4n) is 1.91. The molecular weight excluding hydrogens is 262 g/mol. The van der Waals surface area contributed by atoms with Crippen LogP contribution in [0.3, 0.4) is 0 Å². The summed E-state index contributed by atoms with van der Waals surface area (Å²) in [4.78, 5) is 0. The smallest absolute Gasteiger partial charge is 0.0354 e. The first kappa shape index (κ1) is 13.7. The van der Waals surface area contributed by atoms with Crippen LogP contribution in [0, 0.1) is 12.8 Å². The van der Waals surface area contributed by atoms with E-state index in [0.717, 1.165) is 6.54 Å². The van der Waals surface area contributed by atoms with Crippen molar-refractivity contribution < 1.29 is 0 Å². The van der Waals surface area contributed by atoms with E-state index in [2.05, 4.69) is 67.1 Å². The van der Waals surface area contributed by atoms with Crippen LogP contribution >= 0.6 is 15.9 Å². The molecule has 0 aliphatic rings. The predicted octanol–water partition coefficient (Wildman–Crippen LogP) is 4.45. The lowest BCUT2D eigenvalue weighted by molar-refractivity contribution is 0.411. The van der Waals surface area contributed by atoms with Crippen molar-refractivity contribution in [2.45, 2.75) is 40.2 Å². The minimum Gasteiger partial charge on any atom is -0.310 e. The molecule has 0 bridgehead atoms. The molecule has 0 aromatic heterocycles. The van der Waals surface area contributed by atoms with Gasteiger partial charge < -0.3 is 5.32 Å². The molecule has 16 heavy (non-hydrogen) atoms. The topological polar surface area (TPSA) is 12.0 Å². The molecule has 0 fully saturated rings. The van der Waals surface area contributed by atoms with E-state index in [4.69, 9.17) is 0 Å². The van der Waals surface area contributed by atoms with Crippen molar-refractivity contribution in [2.24, 2.45) is 5.92 Å². The first-order valence-electron chi connectivity index (χ1n) is 6.05. The maximum atomic E-state index is 3.65. The van der Waals surface area contributed by atoms with Crippen LogP contribution in [0.4, 0.5) is 0 Å². The minimum absolute atomic E-state index is 0.439. The summed E-state index contributed by atoms with van der Waals surface area (Å²) in [5.41, 5.74) is 2.70. The lowest BCUT2D eigenvalue weighted by Gasteiger charge is -2.24. The van der Waals surface area contributed by atoms with Crippen molar-refractivity contribution in [3.8, 4) is 0 Å². The fraction of sp³-hybridized carbons (Fsp3) is 0.571. The minimum atomic E-state index is 0.439. The number of rotatable bonds is 5. The molecule has 1 aromatic rings. The van der Waals surface area contributed by atoms with Crippen molar-refractivity contribution in [3.63, 3.8) is 0 Å². The molecule has 1 rings (SSSR count). The summed E-state index contributed by atoms with van der Waals surface area (Å²) in [6.45, 7) is 9.95. The van der Waals surface area contributed by atoms with Gasteiger partial charge in [0.2, 0.25) is 0 Å². The third-order valence-electron chi connectivity index (χ3n) is 2.77. The van der Waals surface area contributed by atoms with Crippen molar-refractivity contribution in [2.75, 3.05) is 6.54 Å². The molecule has 1 nitrogen and oxygen atoms in total. The van der Waals surface area contributed by atoms with Gasteiger partial charge in [0.15, 0.2) is 0 Å². The molecule has 0 aliphatic carbocycles. The van der Waals surface area contributed by atoms with Crippen LogP contribution in [0.25, 0.3) is 0 Å². The van der Waals surface area contributed by atoms with Gasteiger partial charge in [0.05, 0.1) is 0 Å². The van der Waals surface area contributed by atoms with Gasteiger partial charge in [-0.1, -0.05) is 54.4 Å². The summed E-state index contributed by atoms with van der Waals surface area (Å²) in [5.74, 6) is 0.602. The van der Waals surface area contributed by atoms with Gasteiger partial charge in [-0.05, 0) is 37.4 Å². The molecule has 0 radical (unpaired) electrons. The second kappa shape index (κ2) is 6.41. The van der Waals surface area contributed by atoms with Crippen molar-refractivity contribution >= 4 is 15.9 Å². The standard InChI is InChI=1S/C14H22BrN/c1-5-8-16-14(10(2)3)12-9-11(4)6-7-13(12)15/h6-7,9-10,14,16H,5,8H2,1-4H3. The van der Waals surface area contributed by atoms with Crippen LogP contribution < -0.4 is 5.32 Å². The van der Waals surface area contributed by atoms with E-state index in [1.165, 1.54) is 22.0 Å². The normalized spacial score (nSPS) is 13.1. The molecule has 0 amide bonds. The maximum Gasteiger partial charge on any atom is 0.0354 e. The molecule has 0 aliphatic heterocycles. The van der Waals surface area contributed by atoms with Crippen LogP contribution in [-0.4, -0.2) is 6.54 Å². The van der Waals surface area contributed by atoms with E-state index >= 15 is 0 Å². The van der Waals surface area contributed by atoms with Gasteiger partial charge in [0.25, 0.3) is 0 Å². The number of nitrogens with one attached hydrogen (secondary N) is 1. The Morgan fingerprint density at radius 3 is 2.56 bits per heavy atom. The van der Waals surface area contributed by atoms with Crippen LogP contribution in [0.2, 0.25) is 0 Å². The second-order valence-electron chi connectivity index (χ2n) is 4.70. The van der Waals surface area contributed by atoms with Crippen LogP contribution in [0.1, 0.15) is 44.4 Å². The van der Waals surface area contributed by atoms with Gasteiger partial charge in [-0.2, -0.15) is 0 Å². The molecule has 0 saturated heterocycles. The summed E-state index contributed by atoms with van der Waals surface area (Å²) >= 11 is 3.65. The molecule has 2 heteroatoms. The van der Waals surface area contributed by atoms with E-state index in [9.17, 15) is 0 Å². The van der Waals surface area contributed by atoms with E-state index < -0.39 is 0 Å². The first-order valence-corrected chi connectivity index (χ1v) is 6.85. The largest absolute Gasteiger partial charge is 0.310 e. The van der Waals surface area contributed by atoms with Crippen molar-refractivity contribution in [1.29, 1.82) is 0 Å². The number of hydrogen-bond donors (Lipinski definition) is 1. The third kappa shape index (κ3) is 3.60. The van der Waals surface area contributed by atoms with Gasteiger partial charge >= 0.3 is 0 Å². The Hall–Kier alpha value is -0.340. The first-order chi connectivity index (χ1) is 7.56. The zero-order valence-electron chi connectivity index (χ0n) is 10.7. The van der Waals surface area contributed by atoms with Gasteiger partial charge in [-0.15, -0.1) is 0 Å². The van der Waals surface area contributed by atoms with Crippen molar-refractivity contribution in [1.82, 2.24) is 5.32 Å². The molecule has 90 valence electrons. The molecular formula is C14H22BrN. The monoisotopic (exact) mass is 283 g/mol. The van der Waals surface area contributed by atoms with Crippen LogP contribution in [-0.2, 0) is 0 Å². The number of halogens is 1. The zero-order chi connectivity index (χ0) is 12.1. The molecule has 0 spiro atoms. The molecule has 1 atom stereocenters. The summed E-state index contributed by atoms with van der Waals surface area (Å²) in [7, 11) is 0. The van der Waals surface area contributed by atoms with Crippen LogP contribution in [0.15, 0.2) is 22.7 Å². The molecule has 1 aromatic carbocycles. The van der Waals surface area contributed by atoms with Gasteiger partial charge in [-0.3, -0.25) is 0 Å². The maximum absolute atomic E-state index is 3.65. The molecule has 0 heterocycles. The average Bonchev–Trinajstić information content (AvgIpc) is 2.23. The van der Waals surface area contributed by atoms with E-state index in [-0.39, 0.29) is 0 Å². The van der Waals surface area contributed by atoms with E-state index in [0.29, 0.717) is 12.0 Å². The zero-order valence-corrected chi connectivity index (χ0v) is 12.3. The van der Waals surface area contributed by atoms with Crippen molar-refractivity contribution in [3.05, 3.63) is 33.8 Å². The average molecular weight is 284 g/mol. The molecule has 1 N–H and O–H groups in total. The summed E-state index contributed by atoms with van der Waals surface area (Å²) in [6, 6.07) is 7.00. The Bertz CT molecular complexity index is 334. The quantitative estimate of drug-likeness (QED) is 0.842. The highest BCUT2D eigenvalue weighted by atomic mass is 79.9. The Morgan fingerprint density at radius 1 is 1.31 bits per heavy atom. The number of aryl methyl sites for hydroxylation is 1. The summed E-state index contributed by atoms with van der Waals surface area (Å²) < 4.78 is 1.21. The van der Waals surface area contributed by atoms with Crippen LogP contribution in [0.5, 0.6) is 0 Å². The highest BCUT2D eigenvalue weighted by molar-refractivity contribution is 9.10. The molecule has 0 saturated carbocycles. The Balaban J connectivity index is 2.95.